The van der Waals surface area contributed by atoms with Crippen molar-refractivity contribution in [3.63, 3.8) is 0 Å². The summed E-state index contributed by atoms with van der Waals surface area (Å²) >= 11 is 0. The summed E-state index contributed by atoms with van der Waals surface area (Å²) in [5.74, 6) is 0. The minimum Gasteiger partial charge on any atom is -0.245 e. The second-order valence-corrected chi connectivity index (χ2v) is 6.29. The first kappa shape index (κ1) is 12.4. The first-order chi connectivity index (χ1) is 8.03. The molecule has 1 aromatic rings. The minimum absolute atomic E-state index is 0.162. The van der Waals surface area contributed by atoms with Crippen molar-refractivity contribution in [2.45, 2.75) is 18.9 Å². The average Bonchev–Trinajstić information content (AvgIpc) is 2.79. The van der Waals surface area contributed by atoms with E-state index in [1.165, 1.54) is 14.9 Å². The molecule has 0 spiro atoms. The fraction of sp³-hybridized carbons (Fsp3) is 0.600. The maximum absolute atomic E-state index is 12.1. The predicted octanol–water partition coefficient (Wildman–Crippen LogP) is 0.420. The van der Waals surface area contributed by atoms with Gasteiger partial charge in [-0.25, -0.2) is 9.97 Å². The molecule has 0 aromatic carbocycles. The van der Waals surface area contributed by atoms with Gasteiger partial charge in [0.15, 0.2) is 0 Å². The summed E-state index contributed by atoms with van der Waals surface area (Å²) in [6.07, 6.45) is 4.76. The highest BCUT2D eigenvalue weighted by molar-refractivity contribution is 7.86. The number of aromatic nitrogens is 2. The van der Waals surface area contributed by atoms with Crippen LogP contribution in [0.3, 0.4) is 0 Å². The third kappa shape index (κ3) is 2.31. The Morgan fingerprint density at radius 1 is 1.47 bits per heavy atom. The molecule has 1 aliphatic heterocycles. The summed E-state index contributed by atoms with van der Waals surface area (Å²) in [4.78, 5) is 8.00. The fourth-order valence-electron chi connectivity index (χ4n) is 2.02. The molecule has 1 aliphatic rings. The van der Waals surface area contributed by atoms with Gasteiger partial charge in [-0.1, -0.05) is 0 Å². The Bertz CT molecular complexity index is 474. The van der Waals surface area contributed by atoms with Crippen LogP contribution in [-0.2, 0) is 10.2 Å². The number of nitrogens with zero attached hydrogens (tertiary/aromatic N) is 4. The van der Waals surface area contributed by atoms with Crippen LogP contribution in [0.4, 0.5) is 0 Å². The summed E-state index contributed by atoms with van der Waals surface area (Å²) in [7, 11) is -0.275. The highest BCUT2D eigenvalue weighted by Crippen LogP contribution is 2.33. The molecular formula is C10H16N4O2S. The SMILES string of the molecule is CN(C)S(=O)(=O)N1CCC[C@@H]1c1ccncn1. The second kappa shape index (κ2) is 4.67. The average molecular weight is 256 g/mol. The summed E-state index contributed by atoms with van der Waals surface area (Å²) < 4.78 is 27.0. The monoisotopic (exact) mass is 256 g/mol. The van der Waals surface area contributed by atoms with E-state index in [-0.39, 0.29) is 6.04 Å². The highest BCUT2D eigenvalue weighted by Gasteiger charge is 2.36. The molecule has 1 atom stereocenters. The lowest BCUT2D eigenvalue weighted by molar-refractivity contribution is 0.358. The van der Waals surface area contributed by atoms with Crippen LogP contribution in [0.25, 0.3) is 0 Å². The molecule has 0 amide bonds. The predicted molar refractivity (Wildman–Crippen MR) is 63.3 cm³/mol. The van der Waals surface area contributed by atoms with Gasteiger partial charge in [0.05, 0.1) is 11.7 Å². The van der Waals surface area contributed by atoms with Gasteiger partial charge in [-0.05, 0) is 18.9 Å². The molecule has 0 unspecified atom stereocenters. The van der Waals surface area contributed by atoms with E-state index in [2.05, 4.69) is 9.97 Å². The van der Waals surface area contributed by atoms with Gasteiger partial charge in [-0.2, -0.15) is 17.0 Å². The summed E-state index contributed by atoms with van der Waals surface area (Å²) in [6.45, 7) is 0.551. The molecule has 94 valence electrons. The molecule has 6 nitrogen and oxygen atoms in total. The zero-order chi connectivity index (χ0) is 12.5. The molecule has 2 heterocycles. The Balaban J connectivity index is 2.31. The lowest BCUT2D eigenvalue weighted by atomic mass is 10.1. The molecular weight excluding hydrogens is 240 g/mol. The Morgan fingerprint density at radius 3 is 2.82 bits per heavy atom. The van der Waals surface area contributed by atoms with Gasteiger partial charge >= 0.3 is 0 Å². The molecule has 17 heavy (non-hydrogen) atoms. The van der Waals surface area contributed by atoms with Crippen LogP contribution >= 0.6 is 0 Å². The van der Waals surface area contributed by atoms with E-state index in [0.29, 0.717) is 6.54 Å². The minimum atomic E-state index is -3.37. The normalized spacial score (nSPS) is 22.2. The van der Waals surface area contributed by atoms with Crippen molar-refractivity contribution in [3.05, 3.63) is 24.3 Å². The van der Waals surface area contributed by atoms with E-state index in [9.17, 15) is 8.42 Å². The van der Waals surface area contributed by atoms with Crippen molar-refractivity contribution >= 4 is 10.2 Å². The van der Waals surface area contributed by atoms with Crippen LogP contribution in [0.2, 0.25) is 0 Å². The summed E-state index contributed by atoms with van der Waals surface area (Å²) in [5, 5.41) is 0. The third-order valence-corrected chi connectivity index (χ3v) is 4.86. The molecule has 0 N–H and O–H groups in total. The fourth-order valence-corrected chi connectivity index (χ4v) is 3.33. The van der Waals surface area contributed by atoms with Crippen LogP contribution in [0, 0.1) is 0 Å². The molecule has 7 heteroatoms. The number of hydrogen-bond acceptors (Lipinski definition) is 4. The van der Waals surface area contributed by atoms with E-state index in [1.54, 1.807) is 26.4 Å². The highest BCUT2D eigenvalue weighted by atomic mass is 32.2. The van der Waals surface area contributed by atoms with Gasteiger partial charge in [0, 0.05) is 26.8 Å². The van der Waals surface area contributed by atoms with Gasteiger partial charge in [-0.15, -0.1) is 0 Å². The molecule has 1 fully saturated rings. The second-order valence-electron chi connectivity index (χ2n) is 4.19. The van der Waals surface area contributed by atoms with Gasteiger partial charge in [-0.3, -0.25) is 0 Å². The Morgan fingerprint density at radius 2 is 2.24 bits per heavy atom. The van der Waals surface area contributed by atoms with Crippen molar-refractivity contribution in [3.8, 4) is 0 Å². The van der Waals surface area contributed by atoms with Crippen molar-refractivity contribution in [1.82, 2.24) is 18.6 Å². The molecule has 0 saturated carbocycles. The molecule has 0 bridgehead atoms. The molecule has 0 radical (unpaired) electrons. The van der Waals surface area contributed by atoms with Crippen molar-refractivity contribution in [2.75, 3.05) is 20.6 Å². The Kier molecular flexibility index (Phi) is 3.41. The van der Waals surface area contributed by atoms with Crippen LogP contribution in [0.5, 0.6) is 0 Å². The lowest BCUT2D eigenvalue weighted by Gasteiger charge is -2.26. The Labute approximate surface area is 101 Å². The zero-order valence-corrected chi connectivity index (χ0v) is 10.8. The van der Waals surface area contributed by atoms with Gasteiger partial charge in [0.2, 0.25) is 0 Å². The molecule has 1 aromatic heterocycles. The third-order valence-electron chi connectivity index (χ3n) is 2.91. The largest absolute Gasteiger partial charge is 0.282 e. The summed E-state index contributed by atoms with van der Waals surface area (Å²) in [5.41, 5.74) is 0.767. The van der Waals surface area contributed by atoms with Gasteiger partial charge < -0.3 is 0 Å². The van der Waals surface area contributed by atoms with E-state index < -0.39 is 10.2 Å². The number of rotatable bonds is 3. The van der Waals surface area contributed by atoms with Crippen molar-refractivity contribution in [1.29, 1.82) is 0 Å². The molecule has 2 rings (SSSR count). The van der Waals surface area contributed by atoms with Crippen LogP contribution in [-0.4, -0.2) is 47.6 Å². The van der Waals surface area contributed by atoms with Gasteiger partial charge in [0.25, 0.3) is 10.2 Å². The van der Waals surface area contributed by atoms with Gasteiger partial charge in [0.1, 0.15) is 6.33 Å². The maximum atomic E-state index is 12.1. The van der Waals surface area contributed by atoms with Crippen molar-refractivity contribution in [2.24, 2.45) is 0 Å². The smallest absolute Gasteiger partial charge is 0.245 e. The van der Waals surface area contributed by atoms with Crippen LogP contribution in [0.15, 0.2) is 18.6 Å². The van der Waals surface area contributed by atoms with E-state index in [4.69, 9.17) is 0 Å². The van der Waals surface area contributed by atoms with Crippen LogP contribution in [0.1, 0.15) is 24.6 Å². The molecule has 1 saturated heterocycles. The van der Waals surface area contributed by atoms with Crippen LogP contribution < -0.4 is 0 Å². The first-order valence-electron chi connectivity index (χ1n) is 5.48. The van der Waals surface area contributed by atoms with Crippen molar-refractivity contribution < 1.29 is 8.42 Å². The Hall–Kier alpha value is -1.05. The number of hydrogen-bond donors (Lipinski definition) is 0. The summed E-state index contributed by atoms with van der Waals surface area (Å²) in [6, 6.07) is 1.61. The van der Waals surface area contributed by atoms with E-state index in [1.807, 2.05) is 0 Å². The van der Waals surface area contributed by atoms with E-state index in [0.717, 1.165) is 18.5 Å². The van der Waals surface area contributed by atoms with E-state index >= 15 is 0 Å². The molecule has 0 aliphatic carbocycles. The zero-order valence-electron chi connectivity index (χ0n) is 9.94. The quantitative estimate of drug-likeness (QED) is 0.786. The first-order valence-corrected chi connectivity index (χ1v) is 6.88. The lowest BCUT2D eigenvalue weighted by Crippen LogP contribution is -2.39. The maximum Gasteiger partial charge on any atom is 0.282 e. The standard InChI is InChI=1S/C10H16N4O2S/c1-13(2)17(15,16)14-7-3-4-10(14)9-5-6-11-8-12-9/h5-6,8,10H,3-4,7H2,1-2H3/t10-/m1/s1. The topological polar surface area (TPSA) is 66.4 Å².